The average molecular weight is 247 g/mol. The van der Waals surface area contributed by atoms with E-state index in [1.165, 1.54) is 0 Å². The maximum Gasteiger partial charge on any atom is 0.387 e. The van der Waals surface area contributed by atoms with E-state index in [4.69, 9.17) is 10.5 Å². The van der Waals surface area contributed by atoms with Crippen molar-refractivity contribution in [2.24, 2.45) is 5.92 Å². The Kier molecular flexibility index (Phi) is 3.31. The van der Waals surface area contributed by atoms with Gasteiger partial charge < -0.3 is 15.2 Å². The van der Waals surface area contributed by atoms with Gasteiger partial charge in [0.2, 0.25) is 0 Å². The van der Waals surface area contributed by atoms with Gasteiger partial charge in [0, 0.05) is 12.1 Å². The van der Waals surface area contributed by atoms with Crippen LogP contribution in [-0.2, 0) is 0 Å². The molecule has 0 bridgehead atoms. The van der Waals surface area contributed by atoms with Gasteiger partial charge in [-0.05, 0) is 18.8 Å². The predicted molar refractivity (Wildman–Crippen MR) is 55.7 cm³/mol. The topological polar surface area (TPSA) is 44.5 Å². The van der Waals surface area contributed by atoms with Crippen LogP contribution in [0.25, 0.3) is 0 Å². The lowest BCUT2D eigenvalue weighted by Gasteiger charge is -2.11. The summed E-state index contributed by atoms with van der Waals surface area (Å²) in [5.41, 5.74) is 5.59. The van der Waals surface area contributed by atoms with Crippen molar-refractivity contribution in [2.45, 2.75) is 19.5 Å². The highest BCUT2D eigenvalue weighted by Gasteiger charge is 2.23. The number of halogens is 3. The fourth-order valence-corrected chi connectivity index (χ4v) is 1.35. The van der Waals surface area contributed by atoms with Crippen LogP contribution in [0.15, 0.2) is 12.1 Å². The summed E-state index contributed by atoms with van der Waals surface area (Å²) in [6.45, 7) is -2.62. The summed E-state index contributed by atoms with van der Waals surface area (Å²) in [6, 6.07) is 1.97. The molecular formula is C11H12F3NO2. The molecule has 6 heteroatoms. The molecule has 17 heavy (non-hydrogen) atoms. The molecule has 94 valence electrons. The molecule has 0 saturated heterocycles. The van der Waals surface area contributed by atoms with Gasteiger partial charge in [-0.15, -0.1) is 0 Å². The summed E-state index contributed by atoms with van der Waals surface area (Å²) in [7, 11) is 0. The molecule has 0 heterocycles. The molecular weight excluding hydrogens is 235 g/mol. The number of rotatable bonds is 5. The molecule has 1 fully saturated rings. The molecule has 0 aliphatic heterocycles. The molecule has 3 nitrogen and oxygen atoms in total. The minimum atomic E-state index is -3.08. The third kappa shape index (κ3) is 3.18. The van der Waals surface area contributed by atoms with E-state index < -0.39 is 18.2 Å². The number of hydrogen-bond donors (Lipinski definition) is 1. The Bertz CT molecular complexity index is 408. The minimum Gasteiger partial charge on any atom is -0.491 e. The van der Waals surface area contributed by atoms with Gasteiger partial charge in [-0.25, -0.2) is 4.39 Å². The summed E-state index contributed by atoms with van der Waals surface area (Å²) in [5.74, 6) is -0.825. The average Bonchev–Trinajstić information content (AvgIpc) is 3.03. The predicted octanol–water partition coefficient (Wildman–Crippen LogP) is 2.80. The van der Waals surface area contributed by atoms with Gasteiger partial charge in [0.1, 0.15) is 5.75 Å². The van der Waals surface area contributed by atoms with Crippen LogP contribution < -0.4 is 15.2 Å². The van der Waals surface area contributed by atoms with Crippen LogP contribution in [0.3, 0.4) is 0 Å². The lowest BCUT2D eigenvalue weighted by atomic mass is 10.2. The van der Waals surface area contributed by atoms with E-state index in [2.05, 4.69) is 4.74 Å². The van der Waals surface area contributed by atoms with E-state index >= 15 is 0 Å². The SMILES string of the molecule is Nc1cc(F)c(OC(F)F)cc1OCC1CC1. The molecule has 1 saturated carbocycles. The molecule has 1 aromatic carbocycles. The molecule has 0 aromatic heterocycles. The Morgan fingerprint density at radius 1 is 1.29 bits per heavy atom. The molecule has 1 aromatic rings. The van der Waals surface area contributed by atoms with Crippen molar-refractivity contribution in [3.8, 4) is 11.5 Å². The van der Waals surface area contributed by atoms with Gasteiger partial charge in [-0.1, -0.05) is 0 Å². The van der Waals surface area contributed by atoms with E-state index in [-0.39, 0.29) is 11.4 Å². The highest BCUT2D eigenvalue weighted by molar-refractivity contribution is 5.56. The van der Waals surface area contributed by atoms with Crippen molar-refractivity contribution >= 4 is 5.69 Å². The first-order valence-corrected chi connectivity index (χ1v) is 5.23. The number of nitrogen functional groups attached to an aromatic ring is 1. The number of nitrogens with two attached hydrogens (primary N) is 1. The smallest absolute Gasteiger partial charge is 0.387 e. The van der Waals surface area contributed by atoms with Crippen molar-refractivity contribution in [3.63, 3.8) is 0 Å². The second-order valence-electron chi connectivity index (χ2n) is 3.95. The first-order valence-electron chi connectivity index (χ1n) is 5.23. The highest BCUT2D eigenvalue weighted by Crippen LogP contribution is 2.34. The summed E-state index contributed by atoms with van der Waals surface area (Å²) in [4.78, 5) is 0. The number of alkyl halides is 2. The summed E-state index contributed by atoms with van der Waals surface area (Å²) < 4.78 is 46.5. The van der Waals surface area contributed by atoms with Crippen molar-refractivity contribution in [1.29, 1.82) is 0 Å². The van der Waals surface area contributed by atoms with Crippen molar-refractivity contribution < 1.29 is 22.6 Å². The van der Waals surface area contributed by atoms with Crippen LogP contribution >= 0.6 is 0 Å². The molecule has 2 rings (SSSR count). The number of ether oxygens (including phenoxy) is 2. The van der Waals surface area contributed by atoms with Gasteiger partial charge >= 0.3 is 6.61 Å². The van der Waals surface area contributed by atoms with Gasteiger partial charge in [-0.3, -0.25) is 0 Å². The Labute approximate surface area is 96.3 Å². The van der Waals surface area contributed by atoms with Crippen LogP contribution in [0, 0.1) is 11.7 Å². The second kappa shape index (κ2) is 4.73. The summed E-state index contributed by atoms with van der Waals surface area (Å²) in [5, 5.41) is 0. The van der Waals surface area contributed by atoms with Gasteiger partial charge in [0.15, 0.2) is 11.6 Å². The normalized spacial score (nSPS) is 15.1. The molecule has 1 aliphatic carbocycles. The van der Waals surface area contributed by atoms with Crippen molar-refractivity contribution in [3.05, 3.63) is 17.9 Å². The summed E-state index contributed by atoms with van der Waals surface area (Å²) in [6.07, 6.45) is 2.17. The van der Waals surface area contributed by atoms with E-state index in [1.807, 2.05) is 0 Å². The van der Waals surface area contributed by atoms with Gasteiger partial charge in [0.25, 0.3) is 0 Å². The van der Waals surface area contributed by atoms with E-state index in [9.17, 15) is 13.2 Å². The quantitative estimate of drug-likeness (QED) is 0.814. The van der Waals surface area contributed by atoms with Crippen LogP contribution in [0.4, 0.5) is 18.9 Å². The fourth-order valence-electron chi connectivity index (χ4n) is 1.35. The zero-order valence-electron chi connectivity index (χ0n) is 8.96. The van der Waals surface area contributed by atoms with Gasteiger partial charge in [-0.2, -0.15) is 8.78 Å². The molecule has 0 unspecified atom stereocenters. The third-order valence-corrected chi connectivity index (χ3v) is 2.45. The zero-order valence-corrected chi connectivity index (χ0v) is 8.96. The number of benzene rings is 1. The second-order valence-corrected chi connectivity index (χ2v) is 3.95. The molecule has 2 N–H and O–H groups in total. The lowest BCUT2D eigenvalue weighted by Crippen LogP contribution is -2.06. The van der Waals surface area contributed by atoms with Crippen LogP contribution in [0.2, 0.25) is 0 Å². The van der Waals surface area contributed by atoms with Crippen LogP contribution in [0.5, 0.6) is 11.5 Å². The first kappa shape index (κ1) is 11.9. The van der Waals surface area contributed by atoms with Crippen molar-refractivity contribution in [1.82, 2.24) is 0 Å². The van der Waals surface area contributed by atoms with Crippen LogP contribution in [-0.4, -0.2) is 13.2 Å². The molecule has 1 aliphatic rings. The molecule has 0 spiro atoms. The molecule has 0 amide bonds. The monoisotopic (exact) mass is 247 g/mol. The maximum absolute atomic E-state index is 13.2. The number of anilines is 1. The third-order valence-electron chi connectivity index (χ3n) is 2.45. The lowest BCUT2D eigenvalue weighted by molar-refractivity contribution is -0.0522. The Morgan fingerprint density at radius 2 is 2.00 bits per heavy atom. The van der Waals surface area contributed by atoms with E-state index in [0.717, 1.165) is 25.0 Å². The minimum absolute atomic E-state index is 0.0739. The molecule has 0 atom stereocenters. The standard InChI is InChI=1S/C11H12F3NO2/c12-7-3-8(15)10(16-5-6-1-2-6)4-9(7)17-11(13)14/h3-4,6,11H,1-2,5,15H2. The largest absolute Gasteiger partial charge is 0.491 e. The Hall–Kier alpha value is -1.59. The highest BCUT2D eigenvalue weighted by atomic mass is 19.3. The zero-order chi connectivity index (χ0) is 12.4. The first-order chi connectivity index (χ1) is 8.06. The van der Waals surface area contributed by atoms with E-state index in [0.29, 0.717) is 12.5 Å². The van der Waals surface area contributed by atoms with Crippen molar-refractivity contribution in [2.75, 3.05) is 12.3 Å². The van der Waals surface area contributed by atoms with Crippen LogP contribution in [0.1, 0.15) is 12.8 Å². The fraction of sp³-hybridized carbons (Fsp3) is 0.455. The van der Waals surface area contributed by atoms with E-state index in [1.54, 1.807) is 0 Å². The number of hydrogen-bond acceptors (Lipinski definition) is 3. The Morgan fingerprint density at radius 3 is 2.59 bits per heavy atom. The van der Waals surface area contributed by atoms with Gasteiger partial charge in [0.05, 0.1) is 12.3 Å². The molecule has 0 radical (unpaired) electrons. The Balaban J connectivity index is 2.12. The maximum atomic E-state index is 13.2. The summed E-state index contributed by atoms with van der Waals surface area (Å²) >= 11 is 0.